The Bertz CT molecular complexity index is 2570. The van der Waals surface area contributed by atoms with Gasteiger partial charge in [-0.3, -0.25) is 0 Å². The molecule has 0 amide bonds. The summed E-state index contributed by atoms with van der Waals surface area (Å²) in [6.45, 7) is 0. The van der Waals surface area contributed by atoms with Crippen LogP contribution in [0.25, 0.3) is 55.2 Å². The molecule has 47 heavy (non-hydrogen) atoms. The van der Waals surface area contributed by atoms with Gasteiger partial charge in [-0.05, 0) is 75.8 Å². The lowest BCUT2D eigenvalue weighted by Crippen LogP contribution is -2.28. The summed E-state index contributed by atoms with van der Waals surface area (Å²) < 4.78 is 4.79. The van der Waals surface area contributed by atoms with Crippen molar-refractivity contribution in [3.8, 4) is 22.5 Å². The summed E-state index contributed by atoms with van der Waals surface area (Å²) in [6.07, 6.45) is 2.24. The van der Waals surface area contributed by atoms with E-state index in [2.05, 4.69) is 191 Å². The van der Waals surface area contributed by atoms with Crippen LogP contribution in [0.2, 0.25) is 0 Å². The van der Waals surface area contributed by atoms with Crippen LogP contribution in [0.15, 0.2) is 182 Å². The van der Waals surface area contributed by atoms with Crippen LogP contribution in [0, 0.1) is 0 Å². The van der Waals surface area contributed by atoms with Crippen molar-refractivity contribution in [1.82, 2.24) is 9.13 Å². The van der Waals surface area contributed by atoms with E-state index in [1.807, 2.05) is 0 Å². The van der Waals surface area contributed by atoms with E-state index in [0.717, 1.165) is 5.69 Å². The Hall–Kier alpha value is -6.12. The van der Waals surface area contributed by atoms with Crippen molar-refractivity contribution >= 4 is 32.7 Å². The van der Waals surface area contributed by atoms with Crippen LogP contribution in [-0.4, -0.2) is 9.13 Å². The van der Waals surface area contributed by atoms with Gasteiger partial charge in [-0.15, -0.1) is 0 Å². The monoisotopic (exact) mass is 598 g/mol. The van der Waals surface area contributed by atoms with Gasteiger partial charge in [0.25, 0.3) is 0 Å². The fraction of sp³-hybridized carbons (Fsp3) is 0.0222. The van der Waals surface area contributed by atoms with Crippen LogP contribution >= 0.6 is 0 Å². The molecule has 220 valence electrons. The smallest absolute Gasteiger partial charge is 0.0714 e. The van der Waals surface area contributed by atoms with Gasteiger partial charge >= 0.3 is 0 Å². The molecule has 0 aliphatic heterocycles. The van der Waals surface area contributed by atoms with Crippen molar-refractivity contribution in [3.63, 3.8) is 0 Å². The topological polar surface area (TPSA) is 9.86 Å². The molecule has 0 saturated carbocycles. The van der Waals surface area contributed by atoms with E-state index >= 15 is 0 Å². The molecule has 9 aromatic rings. The first-order chi connectivity index (χ1) is 23.3. The number of fused-ring (bicyclic) bond motifs is 8. The van der Waals surface area contributed by atoms with Gasteiger partial charge in [0, 0.05) is 33.7 Å². The van der Waals surface area contributed by atoms with Gasteiger partial charge in [0.05, 0.1) is 22.0 Å². The van der Waals surface area contributed by atoms with Crippen LogP contribution in [0.3, 0.4) is 0 Å². The third-order valence-corrected chi connectivity index (χ3v) is 10.2. The van der Waals surface area contributed by atoms with Crippen LogP contribution in [0.1, 0.15) is 22.3 Å². The molecule has 2 nitrogen and oxygen atoms in total. The molecule has 0 fully saturated rings. The first-order valence-electron chi connectivity index (χ1n) is 16.3. The van der Waals surface area contributed by atoms with Crippen molar-refractivity contribution < 1.29 is 0 Å². The van der Waals surface area contributed by atoms with Crippen LogP contribution in [-0.2, 0) is 5.41 Å². The number of hydrogen-bond acceptors (Lipinski definition) is 0. The number of nitrogens with zero attached hydrogens (tertiary/aromatic N) is 2. The zero-order valence-electron chi connectivity index (χ0n) is 25.7. The molecule has 1 aliphatic rings. The number of benzene rings is 7. The normalized spacial score (nSPS) is 13.3. The largest absolute Gasteiger partial charge is 0.316 e. The van der Waals surface area contributed by atoms with E-state index in [4.69, 9.17) is 0 Å². The minimum Gasteiger partial charge on any atom is -0.316 e. The predicted octanol–water partition coefficient (Wildman–Crippen LogP) is 11.1. The lowest BCUT2D eigenvalue weighted by atomic mass is 9.67. The summed E-state index contributed by atoms with van der Waals surface area (Å²) in [6, 6.07) is 64.4. The van der Waals surface area contributed by atoms with E-state index in [0.29, 0.717) is 0 Å². The number of hydrogen-bond donors (Lipinski definition) is 0. The maximum absolute atomic E-state index is 2.44. The average molecular weight is 599 g/mol. The minimum atomic E-state index is -0.430. The molecule has 0 radical (unpaired) electrons. The summed E-state index contributed by atoms with van der Waals surface area (Å²) in [5.41, 5.74) is 13.3. The molecule has 1 aliphatic carbocycles. The van der Waals surface area contributed by atoms with Gasteiger partial charge in [-0.2, -0.15) is 0 Å². The van der Waals surface area contributed by atoms with Gasteiger partial charge in [0.15, 0.2) is 0 Å². The lowest BCUT2D eigenvalue weighted by Gasteiger charge is -2.34. The summed E-state index contributed by atoms with van der Waals surface area (Å²) in [7, 11) is 0. The fourth-order valence-electron chi connectivity index (χ4n) is 8.33. The highest BCUT2D eigenvalue weighted by Gasteiger charge is 2.46. The van der Waals surface area contributed by atoms with E-state index in [9.17, 15) is 0 Å². The molecule has 0 N–H and O–H groups in total. The van der Waals surface area contributed by atoms with E-state index < -0.39 is 5.41 Å². The second-order valence-corrected chi connectivity index (χ2v) is 12.5. The molecular weight excluding hydrogens is 569 g/mol. The molecule has 2 heteroatoms. The van der Waals surface area contributed by atoms with Gasteiger partial charge in [0.1, 0.15) is 0 Å². The first kappa shape index (κ1) is 26.1. The Morgan fingerprint density at radius 1 is 0.383 bits per heavy atom. The number of rotatable bonds is 4. The second kappa shape index (κ2) is 9.94. The van der Waals surface area contributed by atoms with E-state index in [1.165, 1.54) is 71.8 Å². The standard InChI is InChI=1S/C45H30N2/c1-4-14-31(15-5-1)45(32-16-6-2-7-17-32)40-22-12-10-20-35(40)36-25-24-34(30-41(36)45)46-29-28-39-42(46)27-26-38-37-21-11-13-23-43(37)47(44(38)39)33-18-8-3-9-19-33/h1-30H. The van der Waals surface area contributed by atoms with Crippen molar-refractivity contribution in [2.45, 2.75) is 5.41 Å². The summed E-state index contributed by atoms with van der Waals surface area (Å²) in [5, 5.41) is 3.78. The zero-order valence-corrected chi connectivity index (χ0v) is 25.7. The molecule has 0 unspecified atom stereocenters. The lowest BCUT2D eigenvalue weighted by molar-refractivity contribution is 0.767. The minimum absolute atomic E-state index is 0.430. The van der Waals surface area contributed by atoms with Crippen molar-refractivity contribution in [2.24, 2.45) is 0 Å². The molecule has 7 aromatic carbocycles. The molecule has 2 aromatic heterocycles. The number of aromatic nitrogens is 2. The second-order valence-electron chi connectivity index (χ2n) is 12.5. The fourth-order valence-corrected chi connectivity index (χ4v) is 8.33. The van der Waals surface area contributed by atoms with Crippen LogP contribution in [0.5, 0.6) is 0 Å². The zero-order chi connectivity index (χ0) is 31.0. The maximum Gasteiger partial charge on any atom is 0.0714 e. The average Bonchev–Trinajstić information content (AvgIpc) is 3.82. The number of para-hydroxylation sites is 2. The van der Waals surface area contributed by atoms with E-state index in [1.54, 1.807) is 0 Å². The summed E-state index contributed by atoms with van der Waals surface area (Å²) in [5.74, 6) is 0. The van der Waals surface area contributed by atoms with Crippen molar-refractivity contribution in [2.75, 3.05) is 0 Å². The Kier molecular flexibility index (Phi) is 5.53. The summed E-state index contributed by atoms with van der Waals surface area (Å²) in [4.78, 5) is 0. The first-order valence-corrected chi connectivity index (χ1v) is 16.3. The Balaban J connectivity index is 1.26. The highest BCUT2D eigenvalue weighted by molar-refractivity contribution is 6.18. The molecule has 10 rings (SSSR count). The predicted molar refractivity (Wildman–Crippen MR) is 195 cm³/mol. The molecule has 2 heterocycles. The van der Waals surface area contributed by atoms with Crippen LogP contribution < -0.4 is 0 Å². The maximum atomic E-state index is 2.44. The van der Waals surface area contributed by atoms with Gasteiger partial charge in [-0.25, -0.2) is 0 Å². The molecular formula is C45H30N2. The third-order valence-electron chi connectivity index (χ3n) is 10.2. The molecule has 0 saturated heterocycles. The highest BCUT2D eigenvalue weighted by atomic mass is 15.0. The Labute approximate surface area is 273 Å². The SMILES string of the molecule is c1ccc(-n2c3ccccc3c3ccc4c(ccn4-c4ccc5c(c4)C(c4ccccc4)(c4ccccc4)c4ccccc4-5)c32)cc1. The van der Waals surface area contributed by atoms with Gasteiger partial charge in [0.2, 0.25) is 0 Å². The Morgan fingerprint density at radius 3 is 1.79 bits per heavy atom. The quantitative estimate of drug-likeness (QED) is 0.191. The van der Waals surface area contributed by atoms with E-state index in [-0.39, 0.29) is 0 Å². The third kappa shape index (κ3) is 3.55. The molecule has 0 spiro atoms. The molecule has 0 bridgehead atoms. The Morgan fingerprint density at radius 2 is 1.02 bits per heavy atom. The van der Waals surface area contributed by atoms with Gasteiger partial charge < -0.3 is 9.13 Å². The van der Waals surface area contributed by atoms with Crippen molar-refractivity contribution in [1.29, 1.82) is 0 Å². The van der Waals surface area contributed by atoms with Crippen molar-refractivity contribution in [3.05, 3.63) is 204 Å². The van der Waals surface area contributed by atoms with Gasteiger partial charge in [-0.1, -0.05) is 133 Å². The summed E-state index contributed by atoms with van der Waals surface area (Å²) >= 11 is 0. The highest BCUT2D eigenvalue weighted by Crippen LogP contribution is 2.56. The van der Waals surface area contributed by atoms with Crippen LogP contribution in [0.4, 0.5) is 0 Å². The molecule has 0 atom stereocenters.